The molecule has 9 nitrogen and oxygen atoms in total. The number of nitrogens with one attached hydrogen (secondary N) is 1. The molecule has 0 aliphatic carbocycles. The highest BCUT2D eigenvalue weighted by molar-refractivity contribution is 5.84. The van der Waals surface area contributed by atoms with Gasteiger partial charge in [-0.05, 0) is 18.4 Å². The van der Waals surface area contributed by atoms with E-state index in [9.17, 15) is 24.9 Å². The van der Waals surface area contributed by atoms with E-state index >= 15 is 0 Å². The number of aliphatic hydroxyl groups excluding tert-OH is 4. The Hall–Kier alpha value is -1.68. The van der Waals surface area contributed by atoms with Gasteiger partial charge in [-0.1, -0.05) is 13.8 Å². The van der Waals surface area contributed by atoms with Crippen molar-refractivity contribution < 1.29 is 39.9 Å². The molecule has 24 heavy (non-hydrogen) atoms. The molecule has 9 heteroatoms. The first-order valence-electron chi connectivity index (χ1n) is 7.73. The van der Waals surface area contributed by atoms with Crippen LogP contribution in [0.4, 0.5) is 0 Å². The van der Waals surface area contributed by atoms with Gasteiger partial charge in [-0.15, -0.1) is 0 Å². The summed E-state index contributed by atoms with van der Waals surface area (Å²) in [5.41, 5.74) is 0. The average molecular weight is 347 g/mol. The molecule has 1 rings (SSSR count). The van der Waals surface area contributed by atoms with E-state index in [0.717, 1.165) is 6.08 Å². The maximum atomic E-state index is 12.0. The van der Waals surface area contributed by atoms with Gasteiger partial charge in [0.25, 0.3) is 0 Å². The van der Waals surface area contributed by atoms with Crippen molar-refractivity contribution in [1.29, 1.82) is 0 Å². The lowest BCUT2D eigenvalue weighted by atomic mass is 9.93. The minimum Gasteiger partial charge on any atom is -0.478 e. The second-order valence-electron chi connectivity index (χ2n) is 6.18. The first-order chi connectivity index (χ1) is 11.2. The molecule has 2 unspecified atom stereocenters. The maximum Gasteiger partial charge on any atom is 0.370 e. The molecular formula is C15H25NO8. The van der Waals surface area contributed by atoms with Crippen LogP contribution in [-0.4, -0.2) is 74.5 Å². The number of ether oxygens (including phenoxy) is 1. The lowest BCUT2D eigenvalue weighted by Gasteiger charge is -2.38. The van der Waals surface area contributed by atoms with Crippen LogP contribution in [0.2, 0.25) is 0 Å². The van der Waals surface area contributed by atoms with Crippen molar-refractivity contribution in [1.82, 2.24) is 5.32 Å². The molecule has 0 aromatic carbocycles. The lowest BCUT2D eigenvalue weighted by molar-refractivity contribution is -0.149. The van der Waals surface area contributed by atoms with Crippen LogP contribution in [0.3, 0.4) is 0 Å². The van der Waals surface area contributed by atoms with Crippen LogP contribution < -0.4 is 5.32 Å². The third-order valence-electron chi connectivity index (χ3n) is 3.71. The summed E-state index contributed by atoms with van der Waals surface area (Å²) in [6, 6.07) is -1.16. The Morgan fingerprint density at radius 3 is 2.46 bits per heavy atom. The molecule has 0 fully saturated rings. The van der Waals surface area contributed by atoms with Gasteiger partial charge in [0.2, 0.25) is 11.7 Å². The van der Waals surface area contributed by atoms with E-state index in [-0.39, 0.29) is 6.42 Å². The van der Waals surface area contributed by atoms with Crippen LogP contribution in [0.5, 0.6) is 0 Å². The van der Waals surface area contributed by atoms with Gasteiger partial charge in [0, 0.05) is 6.42 Å². The van der Waals surface area contributed by atoms with Crippen molar-refractivity contribution in [2.24, 2.45) is 5.92 Å². The first-order valence-corrected chi connectivity index (χ1v) is 7.73. The molecule has 0 aromatic heterocycles. The number of rotatable bonds is 8. The Labute approximate surface area is 139 Å². The van der Waals surface area contributed by atoms with E-state index in [1.165, 1.54) is 0 Å². The van der Waals surface area contributed by atoms with Crippen molar-refractivity contribution in [3.8, 4) is 0 Å². The Kier molecular flexibility index (Phi) is 7.61. The topological polar surface area (TPSA) is 157 Å². The maximum absolute atomic E-state index is 12.0. The van der Waals surface area contributed by atoms with Gasteiger partial charge in [0.05, 0.1) is 12.6 Å². The predicted molar refractivity (Wildman–Crippen MR) is 81.7 cm³/mol. The third kappa shape index (κ3) is 5.45. The van der Waals surface area contributed by atoms with Gasteiger partial charge in [0.1, 0.15) is 18.3 Å². The summed E-state index contributed by atoms with van der Waals surface area (Å²) in [4.78, 5) is 23.0. The molecule has 1 amide bonds. The Bertz CT molecular complexity index is 478. The summed E-state index contributed by atoms with van der Waals surface area (Å²) in [5.74, 6) is -2.18. The van der Waals surface area contributed by atoms with Gasteiger partial charge in [-0.25, -0.2) is 4.79 Å². The molecule has 1 aliphatic heterocycles. The van der Waals surface area contributed by atoms with E-state index < -0.39 is 54.7 Å². The summed E-state index contributed by atoms with van der Waals surface area (Å²) in [5, 5.41) is 50.1. The highest BCUT2D eigenvalue weighted by atomic mass is 16.5. The fourth-order valence-corrected chi connectivity index (χ4v) is 2.29. The average Bonchev–Trinajstić information content (AvgIpc) is 2.52. The normalized spacial score (nSPS) is 26.3. The van der Waals surface area contributed by atoms with Crippen molar-refractivity contribution in [2.45, 2.75) is 57.1 Å². The molecule has 5 atom stereocenters. The zero-order valence-corrected chi connectivity index (χ0v) is 13.6. The fourth-order valence-electron chi connectivity index (χ4n) is 2.29. The summed E-state index contributed by atoms with van der Waals surface area (Å²) >= 11 is 0. The van der Waals surface area contributed by atoms with Crippen LogP contribution in [0.1, 0.15) is 26.7 Å². The van der Waals surface area contributed by atoms with E-state index in [0.29, 0.717) is 12.3 Å². The highest BCUT2D eigenvalue weighted by Gasteiger charge is 2.43. The summed E-state index contributed by atoms with van der Waals surface area (Å²) in [7, 11) is 0. The molecule has 0 radical (unpaired) electrons. The Morgan fingerprint density at radius 2 is 1.96 bits per heavy atom. The molecule has 1 aliphatic rings. The number of hydrogen-bond donors (Lipinski definition) is 6. The number of amides is 1. The summed E-state index contributed by atoms with van der Waals surface area (Å²) < 4.78 is 5.11. The largest absolute Gasteiger partial charge is 0.478 e. The first kappa shape index (κ1) is 20.4. The van der Waals surface area contributed by atoms with E-state index in [1.807, 2.05) is 13.8 Å². The number of aliphatic carboxylic acids is 1. The smallest absolute Gasteiger partial charge is 0.370 e. The molecule has 0 spiro atoms. The van der Waals surface area contributed by atoms with Gasteiger partial charge in [0.15, 0.2) is 6.10 Å². The number of hydrogen-bond acceptors (Lipinski definition) is 7. The van der Waals surface area contributed by atoms with Crippen LogP contribution >= 0.6 is 0 Å². The van der Waals surface area contributed by atoms with Crippen molar-refractivity contribution >= 4 is 11.9 Å². The number of carbonyl (C=O) groups is 2. The molecule has 0 saturated heterocycles. The molecule has 0 aromatic rings. The molecule has 6 N–H and O–H groups in total. The van der Waals surface area contributed by atoms with Gasteiger partial charge in [-0.2, -0.15) is 0 Å². The number of carboxylic acids is 1. The third-order valence-corrected chi connectivity index (χ3v) is 3.71. The standard InChI is InChI=1S/C15H25NO8/c1-7(2)3-4-11(20)16-12-8(18)5-10(15(22)23)24-14(12)13(21)9(19)6-17/h5,7-9,12-14,17-19,21H,3-4,6H2,1-2H3,(H,16,20)(H,22,23)/t8-,9?,12+,13?,14+/m0/s1. The fraction of sp³-hybridized carbons (Fsp3) is 0.733. The van der Waals surface area contributed by atoms with E-state index in [4.69, 9.17) is 14.9 Å². The molecule has 0 saturated carbocycles. The van der Waals surface area contributed by atoms with Crippen LogP contribution in [-0.2, 0) is 14.3 Å². The molecule has 1 heterocycles. The minimum atomic E-state index is -1.71. The van der Waals surface area contributed by atoms with E-state index in [1.54, 1.807) is 0 Å². The number of carboxylic acid groups (broad SMARTS) is 1. The zero-order chi connectivity index (χ0) is 18.4. The second-order valence-corrected chi connectivity index (χ2v) is 6.18. The zero-order valence-electron chi connectivity index (χ0n) is 13.6. The van der Waals surface area contributed by atoms with Gasteiger partial charge >= 0.3 is 5.97 Å². The number of aliphatic hydroxyl groups is 4. The van der Waals surface area contributed by atoms with Crippen molar-refractivity contribution in [2.75, 3.05) is 6.61 Å². The van der Waals surface area contributed by atoms with Crippen molar-refractivity contribution in [3.05, 3.63) is 11.8 Å². The summed E-state index contributed by atoms with van der Waals surface area (Å²) in [6.45, 7) is 3.09. The van der Waals surface area contributed by atoms with Crippen molar-refractivity contribution in [3.63, 3.8) is 0 Å². The van der Waals surface area contributed by atoms with Gasteiger partial charge < -0.3 is 35.6 Å². The lowest BCUT2D eigenvalue weighted by Crippen LogP contribution is -2.60. The quantitative estimate of drug-likeness (QED) is 0.305. The Morgan fingerprint density at radius 1 is 1.33 bits per heavy atom. The van der Waals surface area contributed by atoms with Crippen LogP contribution in [0.15, 0.2) is 11.8 Å². The molecule has 138 valence electrons. The predicted octanol–water partition coefficient (Wildman–Crippen LogP) is -1.65. The minimum absolute atomic E-state index is 0.182. The molecular weight excluding hydrogens is 322 g/mol. The Balaban J connectivity index is 2.94. The van der Waals surface area contributed by atoms with Gasteiger partial charge in [-0.3, -0.25) is 4.79 Å². The monoisotopic (exact) mass is 347 g/mol. The van der Waals surface area contributed by atoms with E-state index in [2.05, 4.69) is 5.32 Å². The molecule has 0 bridgehead atoms. The highest BCUT2D eigenvalue weighted by Crippen LogP contribution is 2.23. The van der Waals surface area contributed by atoms with Crippen LogP contribution in [0.25, 0.3) is 0 Å². The second kappa shape index (κ2) is 8.97. The SMILES string of the molecule is CC(C)CCC(=O)N[C@@H]1[C@@H](O)C=C(C(=O)O)O[C@H]1C(O)C(O)CO. The summed E-state index contributed by atoms with van der Waals surface area (Å²) in [6.07, 6.45) is -4.49. The van der Waals surface area contributed by atoms with Crippen LogP contribution in [0, 0.1) is 5.92 Å². The number of carbonyl (C=O) groups excluding carboxylic acids is 1.